The van der Waals surface area contributed by atoms with Crippen LogP contribution >= 0.6 is 11.3 Å². The van der Waals surface area contributed by atoms with Crippen molar-refractivity contribution in [3.8, 4) is 0 Å². The van der Waals surface area contributed by atoms with Gasteiger partial charge in [-0.15, -0.1) is 11.3 Å². The van der Waals surface area contributed by atoms with Crippen molar-refractivity contribution >= 4 is 27.0 Å². The second kappa shape index (κ2) is 6.38. The number of halogens is 3. The molecule has 2 heterocycles. The molecule has 24 heavy (non-hydrogen) atoms. The van der Waals surface area contributed by atoms with Crippen molar-refractivity contribution in [3.63, 3.8) is 0 Å². The van der Waals surface area contributed by atoms with Crippen LogP contribution in [0.1, 0.15) is 4.88 Å². The van der Waals surface area contributed by atoms with Gasteiger partial charge < -0.3 is 4.90 Å². The summed E-state index contributed by atoms with van der Waals surface area (Å²) in [5.41, 5.74) is -0.0575. The summed E-state index contributed by atoms with van der Waals surface area (Å²) in [5, 5.41) is 0. The fraction of sp³-hybridized carbons (Fsp3) is 0.333. The molecule has 2 aromatic rings. The number of hydrogen-bond donors (Lipinski definition) is 0. The third kappa shape index (κ3) is 3.03. The van der Waals surface area contributed by atoms with E-state index in [-0.39, 0.29) is 36.1 Å². The highest BCUT2D eigenvalue weighted by Crippen LogP contribution is 2.28. The Labute approximate surface area is 142 Å². The Morgan fingerprint density at radius 1 is 0.958 bits per heavy atom. The van der Waals surface area contributed by atoms with Gasteiger partial charge in [-0.25, -0.2) is 21.6 Å². The molecule has 1 aliphatic rings. The number of hydrogen-bond acceptors (Lipinski definition) is 4. The van der Waals surface area contributed by atoms with Crippen LogP contribution in [0.25, 0.3) is 0 Å². The smallest absolute Gasteiger partial charge is 0.252 e. The van der Waals surface area contributed by atoms with E-state index in [1.807, 2.05) is 6.92 Å². The zero-order chi connectivity index (χ0) is 17.5. The largest absolute Gasteiger partial charge is 0.366 e. The minimum atomic E-state index is -3.57. The van der Waals surface area contributed by atoms with Gasteiger partial charge in [-0.1, -0.05) is 0 Å². The van der Waals surface area contributed by atoms with Gasteiger partial charge in [-0.3, -0.25) is 0 Å². The highest BCUT2D eigenvalue weighted by Gasteiger charge is 2.30. The molecule has 0 radical (unpaired) electrons. The van der Waals surface area contributed by atoms with Gasteiger partial charge in [-0.05, 0) is 31.2 Å². The molecule has 4 nitrogen and oxygen atoms in total. The molecule has 0 bridgehead atoms. The lowest BCUT2D eigenvalue weighted by molar-refractivity contribution is 0.381. The third-order valence-corrected chi connectivity index (χ3v) is 7.27. The van der Waals surface area contributed by atoms with Crippen LogP contribution in [0.4, 0.5) is 18.9 Å². The predicted molar refractivity (Wildman–Crippen MR) is 86.3 cm³/mol. The van der Waals surface area contributed by atoms with Gasteiger partial charge in [-0.2, -0.15) is 4.31 Å². The van der Waals surface area contributed by atoms with Crippen molar-refractivity contribution in [1.82, 2.24) is 4.31 Å². The van der Waals surface area contributed by atoms with Gasteiger partial charge in [0.15, 0.2) is 17.5 Å². The topological polar surface area (TPSA) is 40.6 Å². The quantitative estimate of drug-likeness (QED) is 0.774. The first-order chi connectivity index (χ1) is 11.3. The first-order valence-corrected chi connectivity index (χ1v) is 9.51. The van der Waals surface area contributed by atoms with Crippen LogP contribution in [0.2, 0.25) is 0 Å². The Bertz CT molecular complexity index is 860. The highest BCUT2D eigenvalue weighted by atomic mass is 32.2. The monoisotopic (exact) mass is 376 g/mol. The molecule has 0 atom stereocenters. The van der Waals surface area contributed by atoms with Gasteiger partial charge in [0.05, 0.1) is 5.69 Å². The predicted octanol–water partition coefficient (Wildman–Crippen LogP) is 2.98. The van der Waals surface area contributed by atoms with Crippen molar-refractivity contribution in [2.45, 2.75) is 11.1 Å². The molecule has 1 aliphatic heterocycles. The second-order valence-electron chi connectivity index (χ2n) is 5.45. The molecule has 9 heteroatoms. The summed E-state index contributed by atoms with van der Waals surface area (Å²) in [6, 6.07) is 5.34. The first kappa shape index (κ1) is 17.2. The van der Waals surface area contributed by atoms with Crippen molar-refractivity contribution in [2.24, 2.45) is 0 Å². The van der Waals surface area contributed by atoms with E-state index in [9.17, 15) is 21.6 Å². The Balaban J connectivity index is 1.76. The van der Waals surface area contributed by atoms with E-state index >= 15 is 0 Å². The van der Waals surface area contributed by atoms with Crippen LogP contribution in [-0.4, -0.2) is 38.9 Å². The summed E-state index contributed by atoms with van der Waals surface area (Å²) in [6.07, 6.45) is 0. The average molecular weight is 376 g/mol. The molecule has 1 saturated heterocycles. The SMILES string of the molecule is Cc1ccc(S(=O)(=O)N2CCN(c3ccc(F)c(F)c3F)CC2)s1. The zero-order valence-electron chi connectivity index (χ0n) is 12.8. The van der Waals surface area contributed by atoms with Crippen LogP contribution in [-0.2, 0) is 10.0 Å². The maximum absolute atomic E-state index is 13.9. The fourth-order valence-electron chi connectivity index (χ4n) is 2.61. The molecule has 0 aliphatic carbocycles. The van der Waals surface area contributed by atoms with Crippen LogP contribution in [0, 0.1) is 24.4 Å². The summed E-state index contributed by atoms with van der Waals surface area (Å²) in [4.78, 5) is 2.42. The summed E-state index contributed by atoms with van der Waals surface area (Å²) < 4.78 is 66.9. The van der Waals surface area contributed by atoms with E-state index in [4.69, 9.17) is 0 Å². The maximum Gasteiger partial charge on any atom is 0.252 e. The van der Waals surface area contributed by atoms with Crippen molar-refractivity contribution < 1.29 is 21.6 Å². The van der Waals surface area contributed by atoms with E-state index in [0.29, 0.717) is 0 Å². The van der Waals surface area contributed by atoms with Crippen LogP contribution in [0.5, 0.6) is 0 Å². The standard InChI is InChI=1S/C15H15F3N2O2S2/c1-10-2-5-13(23-10)24(21,22)20-8-6-19(7-9-20)12-4-3-11(16)14(17)15(12)18/h2-5H,6-9H2,1H3. The maximum atomic E-state index is 13.9. The van der Waals surface area contributed by atoms with E-state index in [2.05, 4.69) is 0 Å². The van der Waals surface area contributed by atoms with Crippen molar-refractivity contribution in [2.75, 3.05) is 31.1 Å². The number of aryl methyl sites for hydroxylation is 1. The molecule has 0 spiro atoms. The number of nitrogens with zero attached hydrogens (tertiary/aromatic N) is 2. The molecular formula is C15H15F3N2O2S2. The molecule has 1 aromatic heterocycles. The van der Waals surface area contributed by atoms with Gasteiger partial charge >= 0.3 is 0 Å². The number of rotatable bonds is 3. The first-order valence-electron chi connectivity index (χ1n) is 7.26. The molecule has 0 unspecified atom stereocenters. The van der Waals surface area contributed by atoms with E-state index < -0.39 is 27.5 Å². The lowest BCUT2D eigenvalue weighted by atomic mass is 10.2. The highest BCUT2D eigenvalue weighted by molar-refractivity contribution is 7.91. The Morgan fingerprint density at radius 3 is 2.21 bits per heavy atom. The van der Waals surface area contributed by atoms with Gasteiger partial charge in [0, 0.05) is 31.1 Å². The van der Waals surface area contributed by atoms with Crippen molar-refractivity contribution in [1.29, 1.82) is 0 Å². The molecule has 0 saturated carbocycles. The molecule has 3 rings (SSSR count). The van der Waals surface area contributed by atoms with Crippen molar-refractivity contribution in [3.05, 3.63) is 46.6 Å². The molecule has 130 valence electrons. The summed E-state index contributed by atoms with van der Waals surface area (Å²) in [7, 11) is -3.57. The summed E-state index contributed by atoms with van der Waals surface area (Å²) in [5.74, 6) is -4.01. The number of benzene rings is 1. The number of anilines is 1. The van der Waals surface area contributed by atoms with Crippen LogP contribution in [0.15, 0.2) is 28.5 Å². The zero-order valence-corrected chi connectivity index (χ0v) is 14.4. The van der Waals surface area contributed by atoms with Crippen LogP contribution in [0.3, 0.4) is 0 Å². The molecule has 0 N–H and O–H groups in total. The molecule has 0 amide bonds. The van der Waals surface area contributed by atoms with E-state index in [1.54, 1.807) is 12.1 Å². The Kier molecular flexibility index (Phi) is 4.58. The average Bonchev–Trinajstić information content (AvgIpc) is 3.00. The van der Waals surface area contributed by atoms with Gasteiger partial charge in [0.25, 0.3) is 10.0 Å². The number of thiophene rings is 1. The van der Waals surface area contributed by atoms with E-state index in [0.717, 1.165) is 10.9 Å². The lowest BCUT2D eigenvalue weighted by Gasteiger charge is -2.35. The number of sulfonamides is 1. The van der Waals surface area contributed by atoms with Crippen LogP contribution < -0.4 is 4.90 Å². The van der Waals surface area contributed by atoms with Gasteiger partial charge in [0.1, 0.15) is 4.21 Å². The van der Waals surface area contributed by atoms with Gasteiger partial charge in [0.2, 0.25) is 0 Å². The Hall–Kier alpha value is -1.58. The lowest BCUT2D eigenvalue weighted by Crippen LogP contribution is -2.48. The summed E-state index contributed by atoms with van der Waals surface area (Å²) >= 11 is 1.20. The normalized spacial score (nSPS) is 16.6. The minimum Gasteiger partial charge on any atom is -0.366 e. The van der Waals surface area contributed by atoms with E-state index in [1.165, 1.54) is 26.6 Å². The molecule has 1 aromatic carbocycles. The number of piperazine rings is 1. The minimum absolute atomic E-state index is 0.0575. The summed E-state index contributed by atoms with van der Waals surface area (Å²) in [6.45, 7) is 2.53. The molecule has 1 fully saturated rings. The molecular weight excluding hydrogens is 361 g/mol. The second-order valence-corrected chi connectivity index (χ2v) is 8.90. The fourth-order valence-corrected chi connectivity index (χ4v) is 5.47. The Morgan fingerprint density at radius 2 is 1.62 bits per heavy atom. The third-order valence-electron chi connectivity index (χ3n) is 3.90.